The number of hydrogen-bond donors (Lipinski definition) is 1. The van der Waals surface area contributed by atoms with E-state index in [-0.39, 0.29) is 11.5 Å². The zero-order valence-electron chi connectivity index (χ0n) is 12.8. The molecule has 0 unspecified atom stereocenters. The van der Waals surface area contributed by atoms with Gasteiger partial charge >= 0.3 is 5.97 Å². The van der Waals surface area contributed by atoms with Gasteiger partial charge in [-0.3, -0.25) is 4.79 Å². The Bertz CT molecular complexity index is 694. The van der Waals surface area contributed by atoms with E-state index in [0.29, 0.717) is 16.7 Å². The van der Waals surface area contributed by atoms with E-state index >= 15 is 0 Å². The highest BCUT2D eigenvalue weighted by Gasteiger charge is 2.19. The van der Waals surface area contributed by atoms with Crippen LogP contribution in [0.1, 0.15) is 47.1 Å². The van der Waals surface area contributed by atoms with E-state index in [9.17, 15) is 14.7 Å². The standard InChI is InChI=1S/C18H18O4/c1-18(2,3)22-17(21)14-6-4-5-13(11-14)16(20)12-7-9-15(19)10-8-12/h4-11,19H,1-3H3. The maximum absolute atomic E-state index is 12.4. The summed E-state index contributed by atoms with van der Waals surface area (Å²) in [5.74, 6) is -0.586. The van der Waals surface area contributed by atoms with Gasteiger partial charge in [0.05, 0.1) is 5.56 Å². The third kappa shape index (κ3) is 3.95. The molecule has 0 saturated heterocycles. The topological polar surface area (TPSA) is 63.6 Å². The molecule has 0 saturated carbocycles. The van der Waals surface area contributed by atoms with E-state index in [1.807, 2.05) is 0 Å². The summed E-state index contributed by atoms with van der Waals surface area (Å²) in [7, 11) is 0. The predicted molar refractivity (Wildman–Crippen MR) is 83.1 cm³/mol. The molecular weight excluding hydrogens is 280 g/mol. The number of esters is 1. The molecule has 0 radical (unpaired) electrons. The maximum Gasteiger partial charge on any atom is 0.338 e. The minimum absolute atomic E-state index is 0.0963. The first-order valence-electron chi connectivity index (χ1n) is 6.93. The predicted octanol–water partition coefficient (Wildman–Crippen LogP) is 3.58. The van der Waals surface area contributed by atoms with Crippen molar-refractivity contribution in [2.45, 2.75) is 26.4 Å². The summed E-state index contributed by atoms with van der Waals surface area (Å²) in [5, 5.41) is 9.26. The van der Waals surface area contributed by atoms with Gasteiger partial charge in [0.2, 0.25) is 0 Å². The molecule has 2 rings (SSSR count). The van der Waals surface area contributed by atoms with Crippen LogP contribution in [0, 0.1) is 0 Å². The number of carbonyl (C=O) groups is 2. The molecule has 1 N–H and O–H groups in total. The van der Waals surface area contributed by atoms with Crippen LogP contribution in [0.15, 0.2) is 48.5 Å². The summed E-state index contributed by atoms with van der Waals surface area (Å²) in [4.78, 5) is 24.4. The van der Waals surface area contributed by atoms with Crippen molar-refractivity contribution in [2.24, 2.45) is 0 Å². The van der Waals surface area contributed by atoms with Crippen LogP contribution in [-0.4, -0.2) is 22.5 Å². The maximum atomic E-state index is 12.4. The van der Waals surface area contributed by atoms with Crippen LogP contribution in [0.5, 0.6) is 5.75 Å². The number of hydrogen-bond acceptors (Lipinski definition) is 4. The highest BCUT2D eigenvalue weighted by atomic mass is 16.6. The summed E-state index contributed by atoms with van der Waals surface area (Å²) < 4.78 is 5.30. The van der Waals surface area contributed by atoms with Crippen molar-refractivity contribution >= 4 is 11.8 Å². The van der Waals surface area contributed by atoms with Crippen molar-refractivity contribution in [3.05, 3.63) is 65.2 Å². The molecule has 4 nitrogen and oxygen atoms in total. The molecule has 114 valence electrons. The molecule has 0 atom stereocenters. The second-order valence-electron chi connectivity index (χ2n) is 5.96. The zero-order valence-corrected chi connectivity index (χ0v) is 12.8. The van der Waals surface area contributed by atoms with Gasteiger partial charge in [-0.15, -0.1) is 0 Å². The fourth-order valence-corrected chi connectivity index (χ4v) is 1.90. The molecule has 0 aliphatic carbocycles. The number of ether oxygens (including phenoxy) is 1. The van der Waals surface area contributed by atoms with Gasteiger partial charge in [0.15, 0.2) is 5.78 Å². The van der Waals surface area contributed by atoms with Crippen LogP contribution < -0.4 is 0 Å². The van der Waals surface area contributed by atoms with Gasteiger partial charge in [-0.1, -0.05) is 12.1 Å². The molecule has 4 heteroatoms. The minimum atomic E-state index is -0.589. The first-order chi connectivity index (χ1) is 10.3. The van der Waals surface area contributed by atoms with Crippen LogP contribution >= 0.6 is 0 Å². The van der Waals surface area contributed by atoms with E-state index in [1.54, 1.807) is 39.0 Å². The third-order valence-electron chi connectivity index (χ3n) is 2.89. The Balaban J connectivity index is 2.26. The number of phenols is 1. The van der Waals surface area contributed by atoms with Gasteiger partial charge in [0.25, 0.3) is 0 Å². The Labute approximate surface area is 129 Å². The van der Waals surface area contributed by atoms with E-state index in [1.165, 1.54) is 30.3 Å². The van der Waals surface area contributed by atoms with Crippen LogP contribution in [0.25, 0.3) is 0 Å². The normalized spacial score (nSPS) is 11.0. The van der Waals surface area contributed by atoms with Gasteiger partial charge in [0, 0.05) is 11.1 Å². The lowest BCUT2D eigenvalue weighted by Crippen LogP contribution is -2.24. The van der Waals surface area contributed by atoms with Crippen molar-refractivity contribution in [1.82, 2.24) is 0 Å². The fraction of sp³-hybridized carbons (Fsp3) is 0.222. The molecule has 0 amide bonds. The van der Waals surface area contributed by atoms with Crippen LogP contribution in [0.4, 0.5) is 0 Å². The summed E-state index contributed by atoms with van der Waals surface area (Å²) >= 11 is 0. The molecule has 2 aromatic rings. The average molecular weight is 298 g/mol. The number of phenolic OH excluding ortho intramolecular Hbond substituents is 1. The fourth-order valence-electron chi connectivity index (χ4n) is 1.90. The molecule has 22 heavy (non-hydrogen) atoms. The molecule has 0 bridgehead atoms. The lowest BCUT2D eigenvalue weighted by Gasteiger charge is -2.19. The quantitative estimate of drug-likeness (QED) is 0.695. The van der Waals surface area contributed by atoms with Crippen LogP contribution in [-0.2, 0) is 4.74 Å². The van der Waals surface area contributed by atoms with E-state index in [2.05, 4.69) is 0 Å². The van der Waals surface area contributed by atoms with Crippen molar-refractivity contribution in [3.8, 4) is 5.75 Å². The van der Waals surface area contributed by atoms with Crippen molar-refractivity contribution in [3.63, 3.8) is 0 Å². The average Bonchev–Trinajstić information content (AvgIpc) is 2.46. The summed E-state index contributed by atoms with van der Waals surface area (Å²) in [5.41, 5.74) is 0.585. The SMILES string of the molecule is CC(C)(C)OC(=O)c1cccc(C(=O)c2ccc(O)cc2)c1. The minimum Gasteiger partial charge on any atom is -0.508 e. The molecular formula is C18H18O4. The van der Waals surface area contributed by atoms with Gasteiger partial charge in [-0.2, -0.15) is 0 Å². The second-order valence-corrected chi connectivity index (χ2v) is 5.96. The Morgan fingerprint density at radius 3 is 2.09 bits per heavy atom. The smallest absolute Gasteiger partial charge is 0.338 e. The van der Waals surface area contributed by atoms with Crippen molar-refractivity contribution in [2.75, 3.05) is 0 Å². The molecule has 0 aliphatic rings. The number of benzene rings is 2. The van der Waals surface area contributed by atoms with Gasteiger partial charge in [-0.25, -0.2) is 4.79 Å². The summed E-state index contributed by atoms with van der Waals surface area (Å²) in [6.07, 6.45) is 0. The lowest BCUT2D eigenvalue weighted by atomic mass is 10.0. The summed E-state index contributed by atoms with van der Waals surface area (Å²) in [6.45, 7) is 5.36. The number of carbonyl (C=O) groups excluding carboxylic acids is 2. The first kappa shape index (κ1) is 15.8. The number of rotatable bonds is 3. The zero-order chi connectivity index (χ0) is 16.3. The summed E-state index contributed by atoms with van der Waals surface area (Å²) in [6, 6.07) is 12.4. The Morgan fingerprint density at radius 2 is 1.50 bits per heavy atom. The van der Waals surface area contributed by atoms with Gasteiger partial charge < -0.3 is 9.84 Å². The third-order valence-corrected chi connectivity index (χ3v) is 2.89. The van der Waals surface area contributed by atoms with Crippen molar-refractivity contribution in [1.29, 1.82) is 0 Å². The second kappa shape index (κ2) is 6.02. The Kier molecular flexibility index (Phi) is 4.31. The number of aromatic hydroxyl groups is 1. The molecule has 0 spiro atoms. The molecule has 0 fully saturated rings. The van der Waals surface area contributed by atoms with Crippen LogP contribution in [0.2, 0.25) is 0 Å². The van der Waals surface area contributed by atoms with Gasteiger partial charge in [-0.05, 0) is 57.2 Å². The number of ketones is 1. The van der Waals surface area contributed by atoms with Crippen molar-refractivity contribution < 1.29 is 19.4 Å². The monoisotopic (exact) mass is 298 g/mol. The lowest BCUT2D eigenvalue weighted by molar-refractivity contribution is 0.00695. The first-order valence-corrected chi connectivity index (χ1v) is 6.93. The Morgan fingerprint density at radius 1 is 0.909 bits per heavy atom. The molecule has 0 aromatic heterocycles. The molecule has 2 aromatic carbocycles. The largest absolute Gasteiger partial charge is 0.508 e. The van der Waals surface area contributed by atoms with Crippen LogP contribution in [0.3, 0.4) is 0 Å². The van der Waals surface area contributed by atoms with E-state index in [4.69, 9.17) is 4.74 Å². The molecule has 0 aliphatic heterocycles. The van der Waals surface area contributed by atoms with E-state index < -0.39 is 11.6 Å². The highest BCUT2D eigenvalue weighted by molar-refractivity contribution is 6.10. The van der Waals surface area contributed by atoms with E-state index in [0.717, 1.165) is 0 Å². The van der Waals surface area contributed by atoms with Gasteiger partial charge in [0.1, 0.15) is 11.4 Å². The highest BCUT2D eigenvalue weighted by Crippen LogP contribution is 2.17. The molecule has 0 heterocycles. The Hall–Kier alpha value is -2.62.